The Hall–Kier alpha value is -1.35. The van der Waals surface area contributed by atoms with Crippen LogP contribution in [-0.4, -0.2) is 19.0 Å². The quantitative estimate of drug-likeness (QED) is 0.729. The molecule has 0 spiro atoms. The summed E-state index contributed by atoms with van der Waals surface area (Å²) in [6.45, 7) is 0.732. The van der Waals surface area contributed by atoms with Crippen molar-refractivity contribution in [1.82, 2.24) is 4.90 Å². The smallest absolute Gasteiger partial charge is 0.134 e. The van der Waals surface area contributed by atoms with E-state index in [4.69, 9.17) is 4.42 Å². The van der Waals surface area contributed by atoms with Gasteiger partial charge in [-0.15, -0.1) is 0 Å². The number of rotatable bonds is 2. The third-order valence-corrected chi connectivity index (χ3v) is 2.00. The van der Waals surface area contributed by atoms with Gasteiger partial charge in [-0.05, 0) is 38.4 Å². The van der Waals surface area contributed by atoms with E-state index in [0.29, 0.717) is 0 Å². The van der Waals surface area contributed by atoms with Crippen molar-refractivity contribution >= 4 is 11.0 Å². The average molecular weight is 193 g/mol. The van der Waals surface area contributed by atoms with E-state index in [2.05, 4.69) is 0 Å². The summed E-state index contributed by atoms with van der Waals surface area (Å²) >= 11 is 0. The van der Waals surface area contributed by atoms with Crippen LogP contribution in [-0.2, 0) is 6.54 Å². The minimum Gasteiger partial charge on any atom is -0.460 e. The number of hydrogen-bond donors (Lipinski definition) is 0. The summed E-state index contributed by atoms with van der Waals surface area (Å²) < 4.78 is 18.4. The molecule has 1 aromatic carbocycles. The molecule has 0 saturated carbocycles. The van der Waals surface area contributed by atoms with Gasteiger partial charge < -0.3 is 9.32 Å². The van der Waals surface area contributed by atoms with E-state index in [-0.39, 0.29) is 5.82 Å². The summed E-state index contributed by atoms with van der Waals surface area (Å²) in [7, 11) is 3.93. The van der Waals surface area contributed by atoms with E-state index in [0.717, 1.165) is 23.3 Å². The van der Waals surface area contributed by atoms with Gasteiger partial charge >= 0.3 is 0 Å². The average Bonchev–Trinajstić information content (AvgIpc) is 2.44. The number of nitrogens with zero attached hydrogens (tertiary/aromatic N) is 1. The maximum absolute atomic E-state index is 12.9. The molecule has 0 fully saturated rings. The fourth-order valence-electron chi connectivity index (χ4n) is 1.46. The van der Waals surface area contributed by atoms with Crippen molar-refractivity contribution in [1.29, 1.82) is 0 Å². The minimum atomic E-state index is -0.227. The van der Waals surface area contributed by atoms with E-state index in [1.54, 1.807) is 6.07 Å². The molecule has 0 N–H and O–H groups in total. The molecule has 14 heavy (non-hydrogen) atoms. The van der Waals surface area contributed by atoms with Crippen LogP contribution in [0.4, 0.5) is 4.39 Å². The van der Waals surface area contributed by atoms with Crippen LogP contribution in [0.25, 0.3) is 11.0 Å². The highest BCUT2D eigenvalue weighted by Gasteiger charge is 2.04. The Bertz CT molecular complexity index is 447. The number of fused-ring (bicyclic) bond motifs is 1. The first-order chi connectivity index (χ1) is 6.65. The highest BCUT2D eigenvalue weighted by atomic mass is 19.1. The van der Waals surface area contributed by atoms with Crippen molar-refractivity contribution < 1.29 is 8.81 Å². The van der Waals surface area contributed by atoms with Gasteiger partial charge in [-0.3, -0.25) is 0 Å². The van der Waals surface area contributed by atoms with Crippen LogP contribution in [0.2, 0.25) is 0 Å². The molecule has 1 aromatic heterocycles. The van der Waals surface area contributed by atoms with E-state index < -0.39 is 0 Å². The molecule has 2 nitrogen and oxygen atoms in total. The van der Waals surface area contributed by atoms with Crippen LogP contribution in [0.5, 0.6) is 0 Å². The minimum absolute atomic E-state index is 0.227. The van der Waals surface area contributed by atoms with E-state index in [9.17, 15) is 4.39 Å². The second kappa shape index (κ2) is 3.42. The lowest BCUT2D eigenvalue weighted by atomic mass is 10.2. The molecule has 0 bridgehead atoms. The van der Waals surface area contributed by atoms with E-state index >= 15 is 0 Å². The lowest BCUT2D eigenvalue weighted by Crippen LogP contribution is -2.09. The number of hydrogen-bond acceptors (Lipinski definition) is 2. The van der Waals surface area contributed by atoms with Gasteiger partial charge in [-0.1, -0.05) is 0 Å². The zero-order chi connectivity index (χ0) is 10.1. The molecule has 0 unspecified atom stereocenters. The van der Waals surface area contributed by atoms with Crippen LogP contribution in [0.15, 0.2) is 28.7 Å². The standard InChI is InChI=1S/C11H12FNO/c1-13(2)7-10-6-8-5-9(12)3-4-11(8)14-10/h3-6H,7H2,1-2H3. The first-order valence-corrected chi connectivity index (χ1v) is 4.48. The molecule has 0 amide bonds. The first kappa shape index (κ1) is 9.21. The molecule has 1 heterocycles. The fraction of sp³-hybridized carbons (Fsp3) is 0.273. The van der Waals surface area contributed by atoms with Gasteiger partial charge in [-0.25, -0.2) is 4.39 Å². The molecule has 0 aliphatic heterocycles. The maximum atomic E-state index is 12.9. The van der Waals surface area contributed by atoms with Crippen molar-refractivity contribution in [3.63, 3.8) is 0 Å². The van der Waals surface area contributed by atoms with Crippen molar-refractivity contribution in [2.45, 2.75) is 6.54 Å². The van der Waals surface area contributed by atoms with Crippen LogP contribution in [0.1, 0.15) is 5.76 Å². The van der Waals surface area contributed by atoms with Crippen molar-refractivity contribution in [3.05, 3.63) is 35.8 Å². The molecule has 0 aliphatic carbocycles. The van der Waals surface area contributed by atoms with Crippen molar-refractivity contribution in [3.8, 4) is 0 Å². The molecular formula is C11H12FNO. The lowest BCUT2D eigenvalue weighted by molar-refractivity contribution is 0.358. The third-order valence-electron chi connectivity index (χ3n) is 2.00. The lowest BCUT2D eigenvalue weighted by Gasteiger charge is -2.04. The van der Waals surface area contributed by atoms with Gasteiger partial charge in [0.15, 0.2) is 0 Å². The second-order valence-electron chi connectivity index (χ2n) is 3.63. The highest BCUT2D eigenvalue weighted by molar-refractivity contribution is 5.77. The Morgan fingerprint density at radius 2 is 2.07 bits per heavy atom. The highest BCUT2D eigenvalue weighted by Crippen LogP contribution is 2.20. The zero-order valence-corrected chi connectivity index (χ0v) is 8.25. The molecule has 3 heteroatoms. The Labute approximate surface area is 81.9 Å². The molecular weight excluding hydrogens is 181 g/mol. The summed E-state index contributed by atoms with van der Waals surface area (Å²) in [4.78, 5) is 2.01. The van der Waals surface area contributed by atoms with Gasteiger partial charge in [0.05, 0.1) is 6.54 Å². The van der Waals surface area contributed by atoms with Crippen molar-refractivity contribution in [2.24, 2.45) is 0 Å². The Morgan fingerprint density at radius 3 is 2.79 bits per heavy atom. The molecule has 74 valence electrons. The van der Waals surface area contributed by atoms with Crippen LogP contribution in [0, 0.1) is 5.82 Å². The summed E-state index contributed by atoms with van der Waals surface area (Å²) in [6.07, 6.45) is 0. The molecule has 0 saturated heterocycles. The van der Waals surface area contributed by atoms with Crippen LogP contribution in [0.3, 0.4) is 0 Å². The molecule has 0 aliphatic rings. The van der Waals surface area contributed by atoms with Gasteiger partial charge in [0.1, 0.15) is 17.2 Å². The predicted molar refractivity (Wildman–Crippen MR) is 53.6 cm³/mol. The Kier molecular flexibility index (Phi) is 2.25. The van der Waals surface area contributed by atoms with E-state index in [1.807, 2.05) is 25.1 Å². The van der Waals surface area contributed by atoms with Gasteiger partial charge in [-0.2, -0.15) is 0 Å². The van der Waals surface area contributed by atoms with Gasteiger partial charge in [0, 0.05) is 5.39 Å². The number of furan rings is 1. The van der Waals surface area contributed by atoms with Crippen molar-refractivity contribution in [2.75, 3.05) is 14.1 Å². The SMILES string of the molecule is CN(C)Cc1cc2cc(F)ccc2o1. The summed E-state index contributed by atoms with van der Waals surface area (Å²) in [5, 5.41) is 0.821. The molecule has 2 aromatic rings. The molecule has 0 radical (unpaired) electrons. The van der Waals surface area contributed by atoms with Gasteiger partial charge in [0.25, 0.3) is 0 Å². The van der Waals surface area contributed by atoms with E-state index in [1.165, 1.54) is 12.1 Å². The topological polar surface area (TPSA) is 16.4 Å². The third kappa shape index (κ3) is 1.77. The largest absolute Gasteiger partial charge is 0.460 e. The van der Waals surface area contributed by atoms with Crippen LogP contribution < -0.4 is 0 Å². The second-order valence-corrected chi connectivity index (χ2v) is 3.63. The van der Waals surface area contributed by atoms with Gasteiger partial charge in [0.2, 0.25) is 0 Å². The van der Waals surface area contributed by atoms with Crippen LogP contribution >= 0.6 is 0 Å². The normalized spacial score (nSPS) is 11.4. The number of benzene rings is 1. The summed E-state index contributed by atoms with van der Waals surface area (Å²) in [5.41, 5.74) is 0.739. The Balaban J connectivity index is 2.41. The molecule has 2 rings (SSSR count). The molecule has 0 atom stereocenters. The number of halogens is 1. The summed E-state index contributed by atoms with van der Waals surface area (Å²) in [5.74, 6) is 0.630. The maximum Gasteiger partial charge on any atom is 0.134 e. The zero-order valence-electron chi connectivity index (χ0n) is 8.25. The fourth-order valence-corrected chi connectivity index (χ4v) is 1.46. The summed E-state index contributed by atoms with van der Waals surface area (Å²) in [6, 6.07) is 6.42. The first-order valence-electron chi connectivity index (χ1n) is 4.48. The predicted octanol–water partition coefficient (Wildman–Crippen LogP) is 2.63. The Morgan fingerprint density at radius 1 is 1.29 bits per heavy atom. The monoisotopic (exact) mass is 193 g/mol.